The quantitative estimate of drug-likeness (QED) is 0.503. The molecule has 0 saturated carbocycles. The van der Waals surface area contributed by atoms with Gasteiger partial charge in [0.25, 0.3) is 0 Å². The number of hydrogen-bond acceptors (Lipinski definition) is 6. The molecule has 0 saturated heterocycles. The molecule has 0 fully saturated rings. The van der Waals surface area contributed by atoms with Gasteiger partial charge in [-0.3, -0.25) is 10.1 Å². The highest BCUT2D eigenvalue weighted by molar-refractivity contribution is 7.15. The molecule has 0 radical (unpaired) electrons. The second-order valence-electron chi connectivity index (χ2n) is 5.37. The topological polar surface area (TPSA) is 73.3 Å². The van der Waals surface area contributed by atoms with Gasteiger partial charge in [0.05, 0.1) is 0 Å². The van der Waals surface area contributed by atoms with Crippen LogP contribution in [-0.2, 0) is 11.0 Å². The van der Waals surface area contributed by atoms with Gasteiger partial charge in [-0.1, -0.05) is 34.5 Å². The number of nitrogens with one attached hydrogen (secondary N) is 1. The monoisotopic (exact) mass is 463 g/mol. The van der Waals surface area contributed by atoms with Crippen LogP contribution in [0.5, 0.6) is 11.5 Å². The fraction of sp³-hybridized carbons (Fsp3) is 0.118. The summed E-state index contributed by atoms with van der Waals surface area (Å²) >= 11 is 11.8. The summed E-state index contributed by atoms with van der Waals surface area (Å²) in [6.45, 7) is 0. The van der Waals surface area contributed by atoms with Gasteiger partial charge in [-0.05, 0) is 48.5 Å². The Labute approximate surface area is 176 Å². The molecule has 0 atom stereocenters. The number of halogens is 5. The Kier molecular flexibility index (Phi) is 6.46. The van der Waals surface area contributed by atoms with Gasteiger partial charge in [0.1, 0.15) is 11.5 Å². The fourth-order valence-electron chi connectivity index (χ4n) is 1.96. The van der Waals surface area contributed by atoms with Gasteiger partial charge in [-0.25, -0.2) is 0 Å². The lowest BCUT2D eigenvalue weighted by Crippen LogP contribution is -2.38. The first kappa shape index (κ1) is 21.2. The average molecular weight is 464 g/mol. The molecule has 29 heavy (non-hydrogen) atoms. The van der Waals surface area contributed by atoms with Gasteiger partial charge < -0.3 is 9.47 Å². The first-order valence-electron chi connectivity index (χ1n) is 7.77. The van der Waals surface area contributed by atoms with Crippen LogP contribution in [-0.4, -0.2) is 22.4 Å². The number of carbonyl (C=O) groups is 1. The Morgan fingerprint density at radius 1 is 0.931 bits per heavy atom. The molecule has 2 aromatic carbocycles. The van der Waals surface area contributed by atoms with E-state index in [1.165, 1.54) is 48.5 Å². The lowest BCUT2D eigenvalue weighted by molar-refractivity contribution is -0.138. The van der Waals surface area contributed by atoms with E-state index in [4.69, 9.17) is 32.7 Å². The molecule has 0 spiro atoms. The first-order chi connectivity index (χ1) is 13.7. The molecule has 0 unspecified atom stereocenters. The molecule has 0 bridgehead atoms. The minimum Gasteiger partial charge on any atom is -0.446 e. The third-order valence-electron chi connectivity index (χ3n) is 3.23. The van der Waals surface area contributed by atoms with E-state index in [-0.39, 0.29) is 28.0 Å². The van der Waals surface area contributed by atoms with E-state index in [1.54, 1.807) is 0 Å². The van der Waals surface area contributed by atoms with E-state index < -0.39 is 23.4 Å². The maximum atomic E-state index is 12.7. The van der Waals surface area contributed by atoms with E-state index >= 15 is 0 Å². The largest absolute Gasteiger partial charge is 0.446 e. The maximum Gasteiger partial charge on any atom is 0.445 e. The van der Waals surface area contributed by atoms with Gasteiger partial charge in [-0.15, -0.1) is 10.2 Å². The molecule has 1 aromatic heterocycles. The summed E-state index contributed by atoms with van der Waals surface area (Å²) in [6, 6.07) is 12.1. The minimum absolute atomic E-state index is 0.177. The molecule has 3 aromatic rings. The zero-order valence-corrected chi connectivity index (χ0v) is 16.4. The molecule has 0 aliphatic rings. The van der Waals surface area contributed by atoms with Crippen molar-refractivity contribution in [3.63, 3.8) is 0 Å². The molecule has 3 rings (SSSR count). The molecule has 0 aliphatic carbocycles. The number of nitrogens with zero attached hydrogens (tertiary/aromatic N) is 2. The van der Waals surface area contributed by atoms with Crippen LogP contribution in [0.1, 0.15) is 5.01 Å². The summed E-state index contributed by atoms with van der Waals surface area (Å²) in [5.74, 6) is -0.395. The fourth-order valence-corrected chi connectivity index (χ4v) is 2.82. The zero-order valence-electron chi connectivity index (χ0n) is 14.1. The number of anilines is 1. The second-order valence-corrected chi connectivity index (χ2v) is 7.23. The Morgan fingerprint density at radius 3 is 1.83 bits per heavy atom. The molecule has 12 heteroatoms. The molecular weight excluding hydrogens is 454 g/mol. The van der Waals surface area contributed by atoms with Gasteiger partial charge in [-0.2, -0.15) is 13.2 Å². The molecule has 0 aliphatic heterocycles. The smallest absolute Gasteiger partial charge is 0.445 e. The van der Waals surface area contributed by atoms with Crippen molar-refractivity contribution >= 4 is 45.6 Å². The van der Waals surface area contributed by atoms with Gasteiger partial charge in [0.15, 0.2) is 0 Å². The summed E-state index contributed by atoms with van der Waals surface area (Å²) < 4.78 is 49.0. The summed E-state index contributed by atoms with van der Waals surface area (Å²) in [6.07, 6.45) is -6.21. The Morgan fingerprint density at radius 2 is 1.41 bits per heavy atom. The van der Waals surface area contributed by atoms with Gasteiger partial charge in [0.2, 0.25) is 10.1 Å². The van der Waals surface area contributed by atoms with Crippen molar-refractivity contribution in [1.82, 2.24) is 10.2 Å². The highest BCUT2D eigenvalue weighted by Gasteiger charge is 2.36. The summed E-state index contributed by atoms with van der Waals surface area (Å²) in [5, 5.41) is 7.87. The van der Waals surface area contributed by atoms with Gasteiger partial charge >= 0.3 is 18.4 Å². The molecule has 6 nitrogen and oxygen atoms in total. The first-order valence-corrected chi connectivity index (χ1v) is 9.34. The van der Waals surface area contributed by atoms with Crippen molar-refractivity contribution < 1.29 is 27.4 Å². The number of aromatic nitrogens is 2. The standard InChI is InChI=1S/C17H10Cl2F3N3O3S/c18-9-1-5-11(6-2-9)27-14(28-12-7-3-10(19)4-8-12)13(26)23-16-25-24-15(29-16)17(20,21)22/h1-8,14H,(H,23,25,26). The van der Waals surface area contributed by atoms with Crippen molar-refractivity contribution in [3.05, 3.63) is 63.6 Å². The van der Waals surface area contributed by atoms with Crippen LogP contribution in [0.2, 0.25) is 10.0 Å². The second kappa shape index (κ2) is 8.85. The zero-order chi connectivity index (χ0) is 21.0. The third-order valence-corrected chi connectivity index (χ3v) is 4.61. The predicted molar refractivity (Wildman–Crippen MR) is 101 cm³/mol. The van der Waals surface area contributed by atoms with Crippen LogP contribution in [0.15, 0.2) is 48.5 Å². The van der Waals surface area contributed by atoms with Crippen LogP contribution >= 0.6 is 34.5 Å². The third kappa shape index (κ3) is 5.96. The summed E-state index contributed by atoms with van der Waals surface area (Å²) in [7, 11) is 0. The Balaban J connectivity index is 1.78. The normalized spacial score (nSPS) is 11.4. The molecule has 1 heterocycles. The number of amides is 1. The number of alkyl halides is 3. The van der Waals surface area contributed by atoms with E-state index in [0.717, 1.165) is 0 Å². The minimum atomic E-state index is -4.67. The molecule has 1 N–H and O–H groups in total. The Bertz CT molecular complexity index is 935. The highest BCUT2D eigenvalue weighted by Crippen LogP contribution is 2.33. The van der Waals surface area contributed by atoms with E-state index in [9.17, 15) is 18.0 Å². The van der Waals surface area contributed by atoms with Crippen molar-refractivity contribution in [2.24, 2.45) is 0 Å². The number of rotatable bonds is 6. The SMILES string of the molecule is O=C(Nc1nnc(C(F)(F)F)s1)C(Oc1ccc(Cl)cc1)Oc1ccc(Cl)cc1. The average Bonchev–Trinajstić information content (AvgIpc) is 3.13. The van der Waals surface area contributed by atoms with Crippen molar-refractivity contribution in [2.45, 2.75) is 12.5 Å². The number of ether oxygens (including phenoxy) is 2. The van der Waals surface area contributed by atoms with E-state index in [0.29, 0.717) is 10.0 Å². The van der Waals surface area contributed by atoms with Crippen molar-refractivity contribution in [1.29, 1.82) is 0 Å². The van der Waals surface area contributed by atoms with Crippen molar-refractivity contribution in [3.8, 4) is 11.5 Å². The van der Waals surface area contributed by atoms with Crippen LogP contribution < -0.4 is 14.8 Å². The summed E-state index contributed by atoms with van der Waals surface area (Å²) in [5.41, 5.74) is 0. The summed E-state index contributed by atoms with van der Waals surface area (Å²) in [4.78, 5) is 12.6. The molecular formula is C17H10Cl2F3N3O3S. The van der Waals surface area contributed by atoms with Crippen LogP contribution in [0.3, 0.4) is 0 Å². The molecule has 152 valence electrons. The van der Waals surface area contributed by atoms with Crippen molar-refractivity contribution in [2.75, 3.05) is 5.32 Å². The molecule has 1 amide bonds. The number of benzene rings is 2. The van der Waals surface area contributed by atoms with E-state index in [1.807, 2.05) is 0 Å². The maximum absolute atomic E-state index is 12.7. The lowest BCUT2D eigenvalue weighted by atomic mass is 10.3. The number of hydrogen-bond donors (Lipinski definition) is 1. The lowest BCUT2D eigenvalue weighted by Gasteiger charge is -2.19. The van der Waals surface area contributed by atoms with Gasteiger partial charge in [0, 0.05) is 10.0 Å². The van der Waals surface area contributed by atoms with Crippen LogP contribution in [0, 0.1) is 0 Å². The van der Waals surface area contributed by atoms with Crippen LogP contribution in [0.25, 0.3) is 0 Å². The Hall–Kier alpha value is -2.56. The van der Waals surface area contributed by atoms with Crippen LogP contribution in [0.4, 0.5) is 18.3 Å². The highest BCUT2D eigenvalue weighted by atomic mass is 35.5. The predicted octanol–water partition coefficient (Wildman–Crippen LogP) is 5.29. The van der Waals surface area contributed by atoms with E-state index in [2.05, 4.69) is 15.5 Å². The number of carbonyl (C=O) groups excluding carboxylic acids is 1.